The van der Waals surface area contributed by atoms with Crippen molar-refractivity contribution in [2.45, 2.75) is 56.3 Å². The summed E-state index contributed by atoms with van der Waals surface area (Å²) < 4.78 is 99.3. The molecular weight excluding hydrogens is 678 g/mol. The number of alkyl halides is 3. The molecule has 3 aromatic carbocycles. The number of carbonyl (C=O) groups excluding carboxylic acids is 1. The maximum atomic E-state index is 15.7. The molecule has 0 spiro atoms. The molecule has 0 unspecified atom stereocenters. The van der Waals surface area contributed by atoms with E-state index in [4.69, 9.17) is 27.9 Å². The summed E-state index contributed by atoms with van der Waals surface area (Å²) in [5, 5.41) is 16.1. The highest BCUT2D eigenvalue weighted by atomic mass is 35.5. The van der Waals surface area contributed by atoms with Crippen molar-refractivity contribution in [3.63, 3.8) is 0 Å². The molecule has 1 aliphatic heterocycles. The van der Waals surface area contributed by atoms with Crippen LogP contribution in [0.25, 0.3) is 0 Å². The van der Waals surface area contributed by atoms with Gasteiger partial charge in [-0.1, -0.05) is 62.2 Å². The predicted octanol–water partition coefficient (Wildman–Crippen LogP) is 8.06. The Kier molecular flexibility index (Phi) is 9.85. The van der Waals surface area contributed by atoms with Crippen LogP contribution in [0.1, 0.15) is 44.2 Å². The number of nitrogens with zero attached hydrogens (tertiary/aromatic N) is 1. The molecular formula is C30H27Cl2F5N4O4S. The molecule has 3 N–H and O–H groups in total. The smallest absolute Gasteiger partial charge is 0.429 e. The van der Waals surface area contributed by atoms with E-state index in [9.17, 15) is 31.6 Å². The van der Waals surface area contributed by atoms with Gasteiger partial charge in [0.2, 0.25) is 0 Å². The SMILES string of the molecule is CC(C)(C)C[C@@H]1N[C@H](OC(=O)Nc2ccc(NS(=O)(=O)C(F)(F)F)cc2)[C@H](c2cccc(Cl)c2F)[C@@]1(C#N)c1ccc(Cl)cc1F. The van der Waals surface area contributed by atoms with E-state index < -0.39 is 68.0 Å². The molecule has 1 saturated heterocycles. The molecule has 1 aliphatic rings. The lowest BCUT2D eigenvalue weighted by molar-refractivity contribution is -0.0429. The van der Waals surface area contributed by atoms with Crippen molar-refractivity contribution in [1.82, 2.24) is 5.32 Å². The van der Waals surface area contributed by atoms with Crippen molar-refractivity contribution in [2.75, 3.05) is 10.0 Å². The van der Waals surface area contributed by atoms with Crippen molar-refractivity contribution in [1.29, 1.82) is 5.26 Å². The van der Waals surface area contributed by atoms with Gasteiger partial charge in [-0.15, -0.1) is 0 Å². The number of nitriles is 1. The zero-order valence-corrected chi connectivity index (χ0v) is 26.7. The minimum Gasteiger partial charge on any atom is -0.429 e. The normalized spacial score (nSPS) is 21.8. The Morgan fingerprint density at radius 1 is 1.04 bits per heavy atom. The van der Waals surface area contributed by atoms with Gasteiger partial charge in [0.1, 0.15) is 17.0 Å². The Bertz CT molecular complexity index is 1780. The van der Waals surface area contributed by atoms with Crippen LogP contribution in [-0.2, 0) is 20.2 Å². The first-order valence-corrected chi connectivity index (χ1v) is 15.8. The second-order valence-electron chi connectivity index (χ2n) is 11.8. The second kappa shape index (κ2) is 12.9. The summed E-state index contributed by atoms with van der Waals surface area (Å²) in [7, 11) is -5.67. The Morgan fingerprint density at radius 2 is 1.67 bits per heavy atom. The fourth-order valence-corrected chi connectivity index (χ4v) is 6.37. The average Bonchev–Trinajstić information content (AvgIpc) is 3.21. The summed E-state index contributed by atoms with van der Waals surface area (Å²) in [5.41, 5.74) is -8.56. The number of amides is 1. The third-order valence-electron chi connectivity index (χ3n) is 7.33. The van der Waals surface area contributed by atoms with Crippen molar-refractivity contribution < 1.29 is 39.9 Å². The summed E-state index contributed by atoms with van der Waals surface area (Å²) in [6.45, 7) is 5.64. The van der Waals surface area contributed by atoms with E-state index in [1.54, 1.807) is 0 Å². The van der Waals surface area contributed by atoms with Gasteiger partial charge in [0, 0.05) is 28.0 Å². The molecule has 0 saturated carbocycles. The predicted molar refractivity (Wildman–Crippen MR) is 163 cm³/mol. The fraction of sp³-hybridized carbons (Fsp3) is 0.333. The summed E-state index contributed by atoms with van der Waals surface area (Å²) >= 11 is 12.1. The number of rotatable bonds is 7. The van der Waals surface area contributed by atoms with E-state index in [1.807, 2.05) is 20.8 Å². The van der Waals surface area contributed by atoms with Gasteiger partial charge in [-0.3, -0.25) is 15.4 Å². The van der Waals surface area contributed by atoms with Crippen LogP contribution >= 0.6 is 23.2 Å². The monoisotopic (exact) mass is 704 g/mol. The summed E-state index contributed by atoms with van der Waals surface area (Å²) in [4.78, 5) is 13.2. The lowest BCUT2D eigenvalue weighted by Gasteiger charge is -2.37. The zero-order chi connectivity index (χ0) is 34.2. The second-order valence-corrected chi connectivity index (χ2v) is 14.3. The Hall–Kier alpha value is -3.64. The number of nitrogens with one attached hydrogen (secondary N) is 3. The van der Waals surface area contributed by atoms with E-state index in [0.29, 0.717) is 0 Å². The Balaban J connectivity index is 1.74. The van der Waals surface area contributed by atoms with E-state index in [1.165, 1.54) is 35.1 Å². The topological polar surface area (TPSA) is 120 Å². The maximum absolute atomic E-state index is 15.7. The van der Waals surface area contributed by atoms with Crippen LogP contribution in [0.2, 0.25) is 10.0 Å². The molecule has 1 heterocycles. The van der Waals surface area contributed by atoms with E-state index in [0.717, 1.165) is 30.3 Å². The van der Waals surface area contributed by atoms with Crippen LogP contribution in [0.4, 0.5) is 38.1 Å². The minimum atomic E-state index is -5.67. The van der Waals surface area contributed by atoms with E-state index in [2.05, 4.69) is 16.7 Å². The maximum Gasteiger partial charge on any atom is 0.516 e. The molecule has 46 heavy (non-hydrogen) atoms. The first-order chi connectivity index (χ1) is 21.3. The molecule has 8 nitrogen and oxygen atoms in total. The molecule has 4 rings (SSSR count). The highest BCUT2D eigenvalue weighted by Gasteiger charge is 2.61. The molecule has 1 amide bonds. The minimum absolute atomic E-state index is 0.00928. The highest BCUT2D eigenvalue weighted by Crippen LogP contribution is 2.53. The number of benzene rings is 3. The molecule has 246 valence electrons. The standard InChI is InChI=1S/C30H27Cl2F5N4O4S/c1-28(2,3)14-23-29(15-38,20-12-7-16(31)13-22(20)33)24(19-5-4-6-21(32)25(19)34)26(40-23)45-27(42)39-17-8-10-18(11-9-17)41-46(43,44)30(35,36)37/h4-13,23-24,26,40-41H,14H2,1-3H3,(H,39,42)/t23-,24-,26+,29-/m0/s1. The molecule has 0 aromatic heterocycles. The van der Waals surface area contributed by atoms with Gasteiger partial charge >= 0.3 is 21.6 Å². The molecule has 1 fully saturated rings. The lowest BCUT2D eigenvalue weighted by Crippen LogP contribution is -2.44. The Morgan fingerprint density at radius 3 is 2.24 bits per heavy atom. The third kappa shape index (κ3) is 7.17. The molecule has 3 aromatic rings. The first-order valence-electron chi connectivity index (χ1n) is 13.5. The third-order valence-corrected chi connectivity index (χ3v) is 8.97. The molecule has 0 bridgehead atoms. The van der Waals surface area contributed by atoms with Gasteiger partial charge in [-0.05, 0) is 59.9 Å². The van der Waals surface area contributed by atoms with Crippen LogP contribution in [0.15, 0.2) is 60.7 Å². The molecule has 16 heteroatoms. The lowest BCUT2D eigenvalue weighted by atomic mass is 9.63. The van der Waals surface area contributed by atoms with E-state index in [-0.39, 0.29) is 33.3 Å². The van der Waals surface area contributed by atoms with Crippen molar-refractivity contribution >= 4 is 50.7 Å². The largest absolute Gasteiger partial charge is 0.516 e. The number of halogens is 7. The van der Waals surface area contributed by atoms with E-state index >= 15 is 8.78 Å². The van der Waals surface area contributed by atoms with Crippen LogP contribution in [-0.4, -0.2) is 32.3 Å². The number of sulfonamides is 1. The Labute approximate surface area is 271 Å². The number of ether oxygens (including phenoxy) is 1. The number of anilines is 2. The fourth-order valence-electron chi connectivity index (χ4n) is 5.47. The number of hydrogen-bond acceptors (Lipinski definition) is 6. The van der Waals surface area contributed by atoms with Crippen molar-refractivity contribution in [2.24, 2.45) is 5.41 Å². The van der Waals surface area contributed by atoms with Crippen LogP contribution in [0, 0.1) is 28.4 Å². The van der Waals surface area contributed by atoms with Crippen LogP contribution < -0.4 is 15.4 Å². The molecule has 0 aliphatic carbocycles. The summed E-state index contributed by atoms with van der Waals surface area (Å²) in [6.07, 6.45) is -2.33. The average molecular weight is 706 g/mol. The van der Waals surface area contributed by atoms with Gasteiger partial charge in [-0.2, -0.15) is 26.9 Å². The van der Waals surface area contributed by atoms with Crippen LogP contribution in [0.3, 0.4) is 0 Å². The van der Waals surface area contributed by atoms with Gasteiger partial charge < -0.3 is 4.74 Å². The van der Waals surface area contributed by atoms with Crippen molar-refractivity contribution in [3.05, 3.63) is 93.5 Å². The molecule has 4 atom stereocenters. The van der Waals surface area contributed by atoms with Gasteiger partial charge in [-0.25, -0.2) is 13.6 Å². The van der Waals surface area contributed by atoms with Gasteiger partial charge in [0.25, 0.3) is 0 Å². The quantitative estimate of drug-likeness (QED) is 0.214. The number of hydrogen-bond donors (Lipinski definition) is 3. The van der Waals surface area contributed by atoms with Gasteiger partial charge in [0.05, 0.1) is 17.0 Å². The highest BCUT2D eigenvalue weighted by molar-refractivity contribution is 7.93. The van der Waals surface area contributed by atoms with Crippen LogP contribution in [0.5, 0.6) is 0 Å². The van der Waals surface area contributed by atoms with Gasteiger partial charge in [0.15, 0.2) is 6.23 Å². The van der Waals surface area contributed by atoms with Crippen molar-refractivity contribution in [3.8, 4) is 6.07 Å². The summed E-state index contributed by atoms with van der Waals surface area (Å²) in [5.74, 6) is -3.11. The first kappa shape index (κ1) is 35.2. The zero-order valence-electron chi connectivity index (χ0n) is 24.3. The molecule has 0 radical (unpaired) electrons. The summed E-state index contributed by atoms with van der Waals surface area (Å²) in [6, 6.07) is 13.3. The number of carbonyl (C=O) groups is 1.